The molecule has 1 aliphatic heterocycles. The summed E-state index contributed by atoms with van der Waals surface area (Å²) in [5.41, 5.74) is 2.79. The van der Waals surface area contributed by atoms with E-state index in [1.54, 1.807) is 0 Å². The fraction of sp³-hybridized carbons (Fsp3) is 0.667. The number of carbonyl (C=O) groups excluding carboxylic acids is 1. The highest BCUT2D eigenvalue weighted by atomic mass is 16.2. The van der Waals surface area contributed by atoms with Crippen molar-refractivity contribution in [2.75, 3.05) is 32.7 Å². The van der Waals surface area contributed by atoms with Gasteiger partial charge in [0.25, 0.3) is 0 Å². The van der Waals surface area contributed by atoms with Gasteiger partial charge in [0.15, 0.2) is 0 Å². The van der Waals surface area contributed by atoms with Gasteiger partial charge >= 0.3 is 0 Å². The summed E-state index contributed by atoms with van der Waals surface area (Å²) in [4.78, 5) is 16.9. The Kier molecular flexibility index (Phi) is 6.13. The Hall–Kier alpha value is -1.39. The van der Waals surface area contributed by atoms with Crippen molar-refractivity contribution in [3.63, 3.8) is 0 Å². The Morgan fingerprint density at radius 3 is 2.20 bits per heavy atom. The molecule has 1 aliphatic carbocycles. The van der Waals surface area contributed by atoms with Crippen molar-refractivity contribution < 1.29 is 4.79 Å². The molecule has 1 amide bonds. The molecule has 4 nitrogen and oxygen atoms in total. The van der Waals surface area contributed by atoms with Gasteiger partial charge in [-0.15, -0.1) is 0 Å². The number of rotatable bonds is 7. The quantitative estimate of drug-likeness (QED) is 0.827. The SMILES string of the molecule is CC(C)c1ccc(CN2CCN(CC(=O)N[C@H](C)C3CC3)CC2)cc1. The average molecular weight is 344 g/mol. The molecule has 0 radical (unpaired) electrons. The summed E-state index contributed by atoms with van der Waals surface area (Å²) in [6.07, 6.45) is 2.55. The van der Waals surface area contributed by atoms with Crippen LogP contribution < -0.4 is 5.32 Å². The Balaban J connectivity index is 1.38. The first-order chi connectivity index (χ1) is 12.0. The van der Waals surface area contributed by atoms with Gasteiger partial charge in [-0.1, -0.05) is 38.1 Å². The molecule has 3 rings (SSSR count). The maximum absolute atomic E-state index is 12.1. The van der Waals surface area contributed by atoms with E-state index in [9.17, 15) is 4.79 Å². The minimum Gasteiger partial charge on any atom is -0.352 e. The summed E-state index contributed by atoms with van der Waals surface area (Å²) >= 11 is 0. The summed E-state index contributed by atoms with van der Waals surface area (Å²) in [5, 5.41) is 3.16. The molecule has 0 spiro atoms. The highest BCUT2D eigenvalue weighted by molar-refractivity contribution is 5.78. The maximum atomic E-state index is 12.1. The molecule has 0 bridgehead atoms. The van der Waals surface area contributed by atoms with E-state index in [1.165, 1.54) is 24.0 Å². The number of benzene rings is 1. The van der Waals surface area contributed by atoms with Crippen LogP contribution in [0.4, 0.5) is 0 Å². The topological polar surface area (TPSA) is 35.6 Å². The second-order valence-corrected chi connectivity index (χ2v) is 8.14. The molecule has 0 aromatic heterocycles. The van der Waals surface area contributed by atoms with Crippen molar-refractivity contribution in [1.29, 1.82) is 0 Å². The first-order valence-electron chi connectivity index (χ1n) is 9.84. The van der Waals surface area contributed by atoms with Crippen molar-refractivity contribution >= 4 is 5.91 Å². The van der Waals surface area contributed by atoms with Crippen LogP contribution in [0.1, 0.15) is 50.7 Å². The number of hydrogen-bond acceptors (Lipinski definition) is 3. The standard InChI is InChI=1S/C21H33N3O/c1-16(2)19-6-4-18(5-7-19)14-23-10-12-24(13-11-23)15-21(25)22-17(3)20-8-9-20/h4-7,16-17,20H,8-15H2,1-3H3,(H,22,25)/t17-/m1/s1. The summed E-state index contributed by atoms with van der Waals surface area (Å²) in [5.74, 6) is 1.51. The predicted molar refractivity (Wildman–Crippen MR) is 103 cm³/mol. The lowest BCUT2D eigenvalue weighted by Crippen LogP contribution is -2.50. The first kappa shape index (κ1) is 18.4. The van der Waals surface area contributed by atoms with Crippen LogP contribution >= 0.6 is 0 Å². The van der Waals surface area contributed by atoms with E-state index in [4.69, 9.17) is 0 Å². The maximum Gasteiger partial charge on any atom is 0.234 e. The van der Waals surface area contributed by atoms with Crippen LogP contribution in [0.25, 0.3) is 0 Å². The molecule has 1 saturated heterocycles. The zero-order chi connectivity index (χ0) is 17.8. The molecule has 0 unspecified atom stereocenters. The molecule has 1 aromatic carbocycles. The zero-order valence-corrected chi connectivity index (χ0v) is 16.0. The van der Waals surface area contributed by atoms with E-state index in [0.717, 1.165) is 38.6 Å². The molecule has 2 aliphatic rings. The summed E-state index contributed by atoms with van der Waals surface area (Å²) in [7, 11) is 0. The third kappa shape index (κ3) is 5.55. The molecule has 25 heavy (non-hydrogen) atoms. The Labute approximate surface area is 152 Å². The molecule has 138 valence electrons. The lowest BCUT2D eigenvalue weighted by Gasteiger charge is -2.34. The van der Waals surface area contributed by atoms with Crippen molar-refractivity contribution in [2.45, 2.75) is 52.1 Å². The third-order valence-corrected chi connectivity index (χ3v) is 5.60. The van der Waals surface area contributed by atoms with E-state index in [0.29, 0.717) is 18.5 Å². The van der Waals surface area contributed by atoms with Crippen molar-refractivity contribution in [3.05, 3.63) is 35.4 Å². The van der Waals surface area contributed by atoms with Crippen molar-refractivity contribution in [2.24, 2.45) is 5.92 Å². The number of nitrogens with zero attached hydrogens (tertiary/aromatic N) is 2. The number of amides is 1. The van der Waals surface area contributed by atoms with Crippen LogP contribution in [-0.4, -0.2) is 54.5 Å². The lowest BCUT2D eigenvalue weighted by molar-refractivity contribution is -0.123. The molecule has 1 N–H and O–H groups in total. The van der Waals surface area contributed by atoms with Gasteiger partial charge in [-0.25, -0.2) is 0 Å². The zero-order valence-electron chi connectivity index (χ0n) is 16.0. The molecular formula is C21H33N3O. The molecular weight excluding hydrogens is 310 g/mol. The van der Waals surface area contributed by atoms with Gasteiger partial charge in [-0.05, 0) is 42.7 Å². The van der Waals surface area contributed by atoms with E-state index in [1.807, 2.05) is 0 Å². The van der Waals surface area contributed by atoms with Crippen LogP contribution in [0, 0.1) is 5.92 Å². The lowest BCUT2D eigenvalue weighted by atomic mass is 10.0. The first-order valence-corrected chi connectivity index (χ1v) is 9.84. The van der Waals surface area contributed by atoms with Crippen LogP contribution in [0.2, 0.25) is 0 Å². The Morgan fingerprint density at radius 1 is 1.04 bits per heavy atom. The van der Waals surface area contributed by atoms with Gasteiger partial charge in [-0.3, -0.25) is 14.6 Å². The molecule has 1 atom stereocenters. The average Bonchev–Trinajstić information content (AvgIpc) is 3.42. The minimum absolute atomic E-state index is 0.192. The van der Waals surface area contributed by atoms with Gasteiger partial charge in [0.05, 0.1) is 6.54 Å². The fourth-order valence-corrected chi connectivity index (χ4v) is 3.59. The number of piperazine rings is 1. The Morgan fingerprint density at radius 2 is 1.64 bits per heavy atom. The monoisotopic (exact) mass is 343 g/mol. The molecule has 4 heteroatoms. The normalized spacial score (nSPS) is 20.6. The smallest absolute Gasteiger partial charge is 0.234 e. The van der Waals surface area contributed by atoms with Crippen molar-refractivity contribution in [1.82, 2.24) is 15.1 Å². The van der Waals surface area contributed by atoms with Gasteiger partial charge in [-0.2, -0.15) is 0 Å². The molecule has 1 heterocycles. The van der Waals surface area contributed by atoms with Crippen molar-refractivity contribution in [3.8, 4) is 0 Å². The van der Waals surface area contributed by atoms with Crippen LogP contribution in [0.5, 0.6) is 0 Å². The minimum atomic E-state index is 0.192. The van der Waals surface area contributed by atoms with Crippen LogP contribution in [-0.2, 0) is 11.3 Å². The number of nitrogens with one attached hydrogen (secondary N) is 1. The van der Waals surface area contributed by atoms with E-state index >= 15 is 0 Å². The third-order valence-electron chi connectivity index (χ3n) is 5.60. The van der Waals surface area contributed by atoms with Gasteiger partial charge in [0.2, 0.25) is 5.91 Å². The second-order valence-electron chi connectivity index (χ2n) is 8.14. The van der Waals surface area contributed by atoms with E-state index < -0.39 is 0 Å². The van der Waals surface area contributed by atoms with E-state index in [-0.39, 0.29) is 5.91 Å². The van der Waals surface area contributed by atoms with Crippen LogP contribution in [0.3, 0.4) is 0 Å². The molecule has 1 aromatic rings. The summed E-state index contributed by atoms with van der Waals surface area (Å²) < 4.78 is 0. The Bertz CT molecular complexity index is 557. The number of hydrogen-bond donors (Lipinski definition) is 1. The predicted octanol–water partition coefficient (Wildman–Crippen LogP) is 2.84. The van der Waals surface area contributed by atoms with Gasteiger partial charge < -0.3 is 5.32 Å². The summed E-state index contributed by atoms with van der Waals surface area (Å²) in [6.45, 7) is 12.2. The molecule has 1 saturated carbocycles. The fourth-order valence-electron chi connectivity index (χ4n) is 3.59. The summed E-state index contributed by atoms with van der Waals surface area (Å²) in [6, 6.07) is 9.37. The largest absolute Gasteiger partial charge is 0.352 e. The second kappa shape index (κ2) is 8.33. The van der Waals surface area contributed by atoms with Gasteiger partial charge in [0.1, 0.15) is 0 Å². The highest BCUT2D eigenvalue weighted by Gasteiger charge is 2.29. The number of carbonyl (C=O) groups is 1. The van der Waals surface area contributed by atoms with Crippen LogP contribution in [0.15, 0.2) is 24.3 Å². The molecule has 2 fully saturated rings. The highest BCUT2D eigenvalue weighted by Crippen LogP contribution is 2.32. The van der Waals surface area contributed by atoms with Gasteiger partial charge in [0, 0.05) is 38.8 Å². The van der Waals surface area contributed by atoms with E-state index in [2.05, 4.69) is 60.2 Å².